The zero-order valence-corrected chi connectivity index (χ0v) is 49.4. The van der Waals surface area contributed by atoms with Crippen LogP contribution in [0.25, 0.3) is 0 Å². The molecule has 8 nitrogen and oxygen atoms in total. The lowest BCUT2D eigenvalue weighted by atomic mass is 10.0. The maximum Gasteiger partial charge on any atom is 0.338 e. The third-order valence-corrected chi connectivity index (χ3v) is 17.2. The van der Waals surface area contributed by atoms with Crippen molar-refractivity contribution in [3.05, 3.63) is 47.5 Å². The molecular weight excluding hydrogens is 953 g/mol. The summed E-state index contributed by atoms with van der Waals surface area (Å²) in [6.07, 6.45) is 63.0. The number of phenolic OH excluding ortho intramolecular Hbond substituents is 2. The highest BCUT2D eigenvalue weighted by molar-refractivity contribution is 7.91. The largest absolute Gasteiger partial charge is 0.507 e. The molecule has 0 saturated heterocycles. The molecule has 2 N–H and O–H groups in total. The first-order chi connectivity index (χ1) is 36.7. The van der Waals surface area contributed by atoms with Gasteiger partial charge in [-0.15, -0.1) is 0 Å². The van der Waals surface area contributed by atoms with Gasteiger partial charge in [0.2, 0.25) is 9.84 Å². The molecule has 0 aliphatic rings. The molecular formula is C66H114O8S. The highest BCUT2D eigenvalue weighted by Gasteiger charge is 2.28. The summed E-state index contributed by atoms with van der Waals surface area (Å²) in [7, 11) is -4.54. The topological polar surface area (TPSA) is 127 Å². The first kappa shape index (κ1) is 68.0. The highest BCUT2D eigenvalue weighted by Crippen LogP contribution is 2.35. The molecule has 0 aliphatic heterocycles. The van der Waals surface area contributed by atoms with Crippen LogP contribution in [-0.2, 0) is 19.3 Å². The van der Waals surface area contributed by atoms with Crippen molar-refractivity contribution in [3.8, 4) is 11.5 Å². The smallest absolute Gasteiger partial charge is 0.338 e. The van der Waals surface area contributed by atoms with Gasteiger partial charge in [0.1, 0.15) is 21.3 Å². The van der Waals surface area contributed by atoms with E-state index in [1.807, 2.05) is 0 Å². The minimum absolute atomic E-state index is 0.0312. The molecule has 0 saturated carbocycles. The van der Waals surface area contributed by atoms with Crippen molar-refractivity contribution in [2.45, 2.75) is 332 Å². The predicted octanol–water partition coefficient (Wildman–Crippen LogP) is 21.0. The lowest BCUT2D eigenvalue weighted by Crippen LogP contribution is -2.11. The van der Waals surface area contributed by atoms with Gasteiger partial charge in [-0.05, 0) is 49.2 Å². The molecule has 0 fully saturated rings. The molecule has 0 aromatic heterocycles. The summed E-state index contributed by atoms with van der Waals surface area (Å²) >= 11 is 0. The fourth-order valence-electron chi connectivity index (χ4n) is 10.5. The minimum Gasteiger partial charge on any atom is -0.507 e. The van der Waals surface area contributed by atoms with Crippen LogP contribution in [0.4, 0.5) is 0 Å². The number of unbranched alkanes of at least 4 members (excludes halogenated alkanes) is 46. The van der Waals surface area contributed by atoms with Crippen molar-refractivity contribution in [2.75, 3.05) is 13.2 Å². The molecule has 0 radical (unpaired) electrons. The van der Waals surface area contributed by atoms with Crippen LogP contribution in [-0.4, -0.2) is 43.8 Å². The van der Waals surface area contributed by atoms with Gasteiger partial charge in [-0.3, -0.25) is 0 Å². The fourth-order valence-corrected chi connectivity index (χ4v) is 11.9. The molecule has 9 heteroatoms. The van der Waals surface area contributed by atoms with Crippen LogP contribution in [0.2, 0.25) is 0 Å². The van der Waals surface area contributed by atoms with Crippen LogP contribution < -0.4 is 0 Å². The Morgan fingerprint density at radius 3 is 0.707 bits per heavy atom. The van der Waals surface area contributed by atoms with E-state index in [9.17, 15) is 28.2 Å². The van der Waals surface area contributed by atoms with Crippen molar-refractivity contribution in [3.63, 3.8) is 0 Å². The lowest BCUT2D eigenvalue weighted by Gasteiger charge is -2.12. The number of aromatic hydroxyl groups is 2. The number of benzene rings is 2. The second-order valence-corrected chi connectivity index (χ2v) is 24.3. The Bertz CT molecular complexity index is 1650. The van der Waals surface area contributed by atoms with Gasteiger partial charge in [0.15, 0.2) is 0 Å². The number of rotatable bonds is 54. The average Bonchev–Trinajstić information content (AvgIpc) is 3.41. The quantitative estimate of drug-likeness (QED) is 0.0495. The maximum atomic E-state index is 13.8. The van der Waals surface area contributed by atoms with Gasteiger partial charge in [-0.2, -0.15) is 0 Å². The minimum atomic E-state index is -4.54. The van der Waals surface area contributed by atoms with E-state index >= 15 is 0 Å². The van der Waals surface area contributed by atoms with E-state index in [1.54, 1.807) is 0 Å². The van der Waals surface area contributed by atoms with Gasteiger partial charge < -0.3 is 19.7 Å². The predicted molar refractivity (Wildman–Crippen MR) is 315 cm³/mol. The molecule has 432 valence electrons. The Balaban J connectivity index is 1.50. The fraction of sp³-hybridized carbons (Fsp3) is 0.788. The number of ether oxygens (including phenoxy) is 2. The molecule has 0 spiro atoms. The van der Waals surface area contributed by atoms with Gasteiger partial charge in [-0.25, -0.2) is 18.0 Å². The van der Waals surface area contributed by atoms with E-state index in [0.29, 0.717) is 12.8 Å². The van der Waals surface area contributed by atoms with Crippen molar-refractivity contribution in [1.82, 2.24) is 0 Å². The average molecular weight is 1070 g/mol. The number of esters is 2. The van der Waals surface area contributed by atoms with E-state index in [-0.39, 0.29) is 24.3 Å². The summed E-state index contributed by atoms with van der Waals surface area (Å²) in [4.78, 5) is 24.8. The molecule has 75 heavy (non-hydrogen) atoms. The Morgan fingerprint density at radius 2 is 0.507 bits per heavy atom. The van der Waals surface area contributed by atoms with Crippen molar-refractivity contribution >= 4 is 21.8 Å². The SMILES string of the molecule is CCCCCCCCCCCCCCCCCCCCCCCCCCOC(=O)c1ccc(O)c(S(=O)(=O)c2cc(C(=O)OCCCCCCCCCCCCCCCCCCCCCCCCCC)ccc2O)c1. The number of phenols is 2. The summed E-state index contributed by atoms with van der Waals surface area (Å²) < 4.78 is 38.4. The van der Waals surface area contributed by atoms with E-state index in [0.717, 1.165) is 62.8 Å². The van der Waals surface area contributed by atoms with Gasteiger partial charge in [0, 0.05) is 0 Å². The molecule has 0 amide bonds. The van der Waals surface area contributed by atoms with E-state index in [2.05, 4.69) is 13.8 Å². The molecule has 0 heterocycles. The summed E-state index contributed by atoms with van der Waals surface area (Å²) in [6.45, 7) is 5.00. The summed E-state index contributed by atoms with van der Waals surface area (Å²) in [5.74, 6) is -2.55. The molecule has 0 aliphatic carbocycles. The van der Waals surface area contributed by atoms with Gasteiger partial charge in [0.25, 0.3) is 0 Å². The first-order valence-electron chi connectivity index (χ1n) is 32.0. The number of hydrogen-bond acceptors (Lipinski definition) is 8. The van der Waals surface area contributed by atoms with Crippen molar-refractivity contribution in [2.24, 2.45) is 0 Å². The molecule has 2 aromatic rings. The summed E-state index contributed by atoms with van der Waals surface area (Å²) in [5.41, 5.74) is -0.0623. The zero-order chi connectivity index (χ0) is 54.1. The number of hydrogen-bond donors (Lipinski definition) is 2. The third-order valence-electron chi connectivity index (χ3n) is 15.4. The van der Waals surface area contributed by atoms with Crippen LogP contribution >= 0.6 is 0 Å². The standard InChI is InChI=1S/C66H114O8S/c1-3-5-7-9-11-13-15-17-19-21-23-25-27-29-31-33-35-37-39-41-43-45-47-49-55-73-65(69)59-51-53-61(67)63(57-59)75(71,72)64-58-60(52-54-62(64)68)66(70)74-56-50-48-46-44-42-40-38-36-34-32-30-28-26-24-22-20-18-16-14-12-10-8-6-4-2/h51-54,57-58,67-68H,3-50,55-56H2,1-2H3. The second-order valence-electron chi connectivity index (χ2n) is 22.4. The Hall–Kier alpha value is -3.07. The molecule has 0 unspecified atom stereocenters. The number of carbonyl (C=O) groups excluding carboxylic acids is 2. The normalized spacial score (nSPS) is 11.7. The first-order valence-corrected chi connectivity index (χ1v) is 33.5. The van der Waals surface area contributed by atoms with Gasteiger partial charge in [0.05, 0.1) is 24.3 Å². The van der Waals surface area contributed by atoms with Crippen molar-refractivity contribution in [1.29, 1.82) is 0 Å². The maximum absolute atomic E-state index is 13.8. The van der Waals surface area contributed by atoms with E-state index in [1.165, 1.54) is 269 Å². The number of sulfone groups is 1. The second kappa shape index (κ2) is 48.1. The Morgan fingerprint density at radius 1 is 0.320 bits per heavy atom. The highest BCUT2D eigenvalue weighted by atomic mass is 32.2. The summed E-state index contributed by atoms with van der Waals surface area (Å²) in [5, 5.41) is 21.2. The Kier molecular flexibility index (Phi) is 43.6. The van der Waals surface area contributed by atoms with E-state index < -0.39 is 43.1 Å². The van der Waals surface area contributed by atoms with E-state index in [4.69, 9.17) is 9.47 Å². The number of carbonyl (C=O) groups is 2. The van der Waals surface area contributed by atoms with Crippen LogP contribution in [0.5, 0.6) is 11.5 Å². The van der Waals surface area contributed by atoms with Gasteiger partial charge in [-0.1, -0.05) is 309 Å². The molecule has 0 bridgehead atoms. The molecule has 2 aromatic carbocycles. The van der Waals surface area contributed by atoms with Crippen LogP contribution in [0.1, 0.15) is 343 Å². The zero-order valence-electron chi connectivity index (χ0n) is 48.6. The monoisotopic (exact) mass is 1070 g/mol. The summed E-state index contributed by atoms with van der Waals surface area (Å²) in [6, 6.07) is 6.99. The third kappa shape index (κ3) is 35.9. The van der Waals surface area contributed by atoms with Gasteiger partial charge >= 0.3 is 11.9 Å². The van der Waals surface area contributed by atoms with Crippen LogP contribution in [0.3, 0.4) is 0 Å². The Labute approximate surface area is 461 Å². The lowest BCUT2D eigenvalue weighted by molar-refractivity contribution is 0.0488. The molecule has 0 atom stereocenters. The van der Waals surface area contributed by atoms with Crippen LogP contribution in [0, 0.1) is 0 Å². The molecule has 2 rings (SSSR count). The van der Waals surface area contributed by atoms with Crippen molar-refractivity contribution < 1.29 is 37.7 Å². The van der Waals surface area contributed by atoms with Crippen LogP contribution in [0.15, 0.2) is 46.2 Å².